The molecule has 6 heteroatoms. The Hall–Kier alpha value is -0.620. The molecule has 0 bridgehead atoms. The first-order valence-corrected chi connectivity index (χ1v) is 7.08. The van der Waals surface area contributed by atoms with Crippen molar-refractivity contribution in [3.63, 3.8) is 0 Å². The van der Waals surface area contributed by atoms with Gasteiger partial charge in [0, 0.05) is 29.1 Å². The van der Waals surface area contributed by atoms with Gasteiger partial charge in [-0.3, -0.25) is 9.69 Å². The van der Waals surface area contributed by atoms with E-state index in [1.54, 1.807) is 6.07 Å². The lowest BCUT2D eigenvalue weighted by Crippen LogP contribution is -2.35. The summed E-state index contributed by atoms with van der Waals surface area (Å²) in [6, 6.07) is 5.54. The second-order valence-electron chi connectivity index (χ2n) is 4.64. The Morgan fingerprint density at radius 2 is 2.05 bits per heavy atom. The molecule has 1 rings (SSSR count). The molecular formula is C13H18BrClN2O2. The predicted octanol–water partition coefficient (Wildman–Crippen LogP) is 2.55. The van der Waals surface area contributed by atoms with E-state index in [9.17, 15) is 4.79 Å². The molecule has 19 heavy (non-hydrogen) atoms. The van der Waals surface area contributed by atoms with Crippen LogP contribution in [-0.2, 0) is 11.3 Å². The van der Waals surface area contributed by atoms with Crippen LogP contribution in [0.15, 0.2) is 22.7 Å². The summed E-state index contributed by atoms with van der Waals surface area (Å²) in [7, 11) is 3.93. The summed E-state index contributed by atoms with van der Waals surface area (Å²) in [4.78, 5) is 14.8. The van der Waals surface area contributed by atoms with E-state index in [-0.39, 0.29) is 6.54 Å². The molecule has 1 aromatic rings. The van der Waals surface area contributed by atoms with Crippen molar-refractivity contribution >= 4 is 33.5 Å². The van der Waals surface area contributed by atoms with E-state index in [4.69, 9.17) is 16.7 Å². The SMILES string of the molecule is CN(C)CCN(CC(=O)O)Cc1cc(Cl)ccc1Br. The smallest absolute Gasteiger partial charge is 0.317 e. The summed E-state index contributed by atoms with van der Waals surface area (Å²) < 4.78 is 0.942. The number of benzene rings is 1. The molecule has 1 aromatic carbocycles. The van der Waals surface area contributed by atoms with Crippen molar-refractivity contribution < 1.29 is 9.90 Å². The molecule has 0 spiro atoms. The fourth-order valence-electron chi connectivity index (χ4n) is 1.65. The molecule has 0 aromatic heterocycles. The van der Waals surface area contributed by atoms with Crippen molar-refractivity contribution in [3.8, 4) is 0 Å². The molecule has 0 saturated heterocycles. The third-order valence-corrected chi connectivity index (χ3v) is 3.63. The fraction of sp³-hybridized carbons (Fsp3) is 0.462. The molecule has 0 aliphatic rings. The number of hydrogen-bond donors (Lipinski definition) is 1. The zero-order chi connectivity index (χ0) is 14.4. The standard InChI is InChI=1S/C13H18BrClN2O2/c1-16(2)5-6-17(9-13(18)19)8-10-7-11(15)3-4-12(10)14/h3-4,7H,5-6,8-9H2,1-2H3,(H,18,19). The molecule has 0 saturated carbocycles. The summed E-state index contributed by atoms with van der Waals surface area (Å²) in [6.07, 6.45) is 0. The van der Waals surface area contributed by atoms with Gasteiger partial charge < -0.3 is 10.0 Å². The van der Waals surface area contributed by atoms with Gasteiger partial charge in [-0.2, -0.15) is 0 Å². The van der Waals surface area contributed by atoms with Crippen LogP contribution >= 0.6 is 27.5 Å². The Kier molecular flexibility index (Phi) is 6.79. The van der Waals surface area contributed by atoms with Crippen LogP contribution in [0.3, 0.4) is 0 Å². The van der Waals surface area contributed by atoms with Crippen molar-refractivity contribution in [2.24, 2.45) is 0 Å². The Morgan fingerprint density at radius 3 is 2.63 bits per heavy atom. The number of aliphatic carboxylic acids is 1. The van der Waals surface area contributed by atoms with Crippen LogP contribution < -0.4 is 0 Å². The van der Waals surface area contributed by atoms with Crippen LogP contribution in [0.1, 0.15) is 5.56 Å². The Morgan fingerprint density at radius 1 is 1.37 bits per heavy atom. The first-order valence-electron chi connectivity index (χ1n) is 5.91. The molecule has 0 aliphatic carbocycles. The van der Waals surface area contributed by atoms with Crippen LogP contribution in [0.4, 0.5) is 0 Å². The lowest BCUT2D eigenvalue weighted by molar-refractivity contribution is -0.138. The zero-order valence-electron chi connectivity index (χ0n) is 11.1. The average Bonchev–Trinajstić information content (AvgIpc) is 2.30. The molecule has 0 atom stereocenters. The first-order chi connectivity index (χ1) is 8.88. The van der Waals surface area contributed by atoms with Gasteiger partial charge in [-0.25, -0.2) is 0 Å². The number of hydrogen-bond acceptors (Lipinski definition) is 3. The van der Waals surface area contributed by atoms with E-state index in [0.717, 1.165) is 16.6 Å². The molecule has 1 N–H and O–H groups in total. The number of carboxylic acid groups (broad SMARTS) is 1. The molecule has 0 amide bonds. The number of carboxylic acids is 1. The number of carbonyl (C=O) groups is 1. The third-order valence-electron chi connectivity index (χ3n) is 2.62. The van der Waals surface area contributed by atoms with Gasteiger partial charge in [0.25, 0.3) is 0 Å². The summed E-state index contributed by atoms with van der Waals surface area (Å²) in [5, 5.41) is 9.61. The normalized spacial score (nSPS) is 11.3. The second-order valence-corrected chi connectivity index (χ2v) is 5.93. The lowest BCUT2D eigenvalue weighted by atomic mass is 10.2. The van der Waals surface area contributed by atoms with Gasteiger partial charge in [0.05, 0.1) is 6.54 Å². The van der Waals surface area contributed by atoms with Gasteiger partial charge in [-0.15, -0.1) is 0 Å². The number of likely N-dealkylation sites (N-methyl/N-ethyl adjacent to an activating group) is 1. The minimum absolute atomic E-state index is 0.0206. The van der Waals surface area contributed by atoms with E-state index < -0.39 is 5.97 Å². The van der Waals surface area contributed by atoms with Crippen LogP contribution in [0.5, 0.6) is 0 Å². The largest absolute Gasteiger partial charge is 0.480 e. The van der Waals surface area contributed by atoms with Crippen molar-refractivity contribution in [2.45, 2.75) is 6.54 Å². The van der Waals surface area contributed by atoms with E-state index in [1.165, 1.54) is 0 Å². The monoisotopic (exact) mass is 348 g/mol. The van der Waals surface area contributed by atoms with Crippen LogP contribution in [-0.4, -0.2) is 54.6 Å². The van der Waals surface area contributed by atoms with Crippen LogP contribution in [0, 0.1) is 0 Å². The number of nitrogens with zero attached hydrogens (tertiary/aromatic N) is 2. The maximum atomic E-state index is 10.9. The van der Waals surface area contributed by atoms with Gasteiger partial charge in [0.15, 0.2) is 0 Å². The highest BCUT2D eigenvalue weighted by atomic mass is 79.9. The fourth-order valence-corrected chi connectivity index (χ4v) is 2.22. The molecule has 4 nitrogen and oxygen atoms in total. The van der Waals surface area contributed by atoms with Crippen molar-refractivity contribution in [1.29, 1.82) is 0 Å². The van der Waals surface area contributed by atoms with Gasteiger partial charge >= 0.3 is 5.97 Å². The topological polar surface area (TPSA) is 43.8 Å². The highest BCUT2D eigenvalue weighted by molar-refractivity contribution is 9.10. The molecule has 0 fully saturated rings. The van der Waals surface area contributed by atoms with E-state index in [1.807, 2.05) is 36.0 Å². The lowest BCUT2D eigenvalue weighted by Gasteiger charge is -2.23. The predicted molar refractivity (Wildman–Crippen MR) is 80.6 cm³/mol. The minimum atomic E-state index is -0.822. The van der Waals surface area contributed by atoms with Crippen molar-refractivity contribution in [1.82, 2.24) is 9.80 Å². The van der Waals surface area contributed by atoms with E-state index >= 15 is 0 Å². The first kappa shape index (κ1) is 16.4. The Bertz CT molecular complexity index is 441. The summed E-state index contributed by atoms with van der Waals surface area (Å²) in [5.41, 5.74) is 0.993. The summed E-state index contributed by atoms with van der Waals surface area (Å²) in [5.74, 6) is -0.822. The Labute approximate surface area is 127 Å². The highest BCUT2D eigenvalue weighted by Gasteiger charge is 2.12. The third kappa shape index (κ3) is 6.38. The quantitative estimate of drug-likeness (QED) is 0.821. The van der Waals surface area contributed by atoms with Crippen molar-refractivity contribution in [3.05, 3.63) is 33.3 Å². The van der Waals surface area contributed by atoms with Gasteiger partial charge in [0.1, 0.15) is 0 Å². The van der Waals surface area contributed by atoms with Crippen LogP contribution in [0.25, 0.3) is 0 Å². The van der Waals surface area contributed by atoms with Gasteiger partial charge in [0.2, 0.25) is 0 Å². The number of halogens is 2. The average molecular weight is 350 g/mol. The van der Waals surface area contributed by atoms with Crippen molar-refractivity contribution in [2.75, 3.05) is 33.7 Å². The molecule has 0 aliphatic heterocycles. The summed E-state index contributed by atoms with van der Waals surface area (Å²) in [6.45, 7) is 2.08. The second kappa shape index (κ2) is 7.85. The maximum absolute atomic E-state index is 10.9. The van der Waals surface area contributed by atoms with Gasteiger partial charge in [-0.05, 0) is 37.9 Å². The highest BCUT2D eigenvalue weighted by Crippen LogP contribution is 2.22. The van der Waals surface area contributed by atoms with Crippen LogP contribution in [0.2, 0.25) is 5.02 Å². The molecule has 0 heterocycles. The molecule has 106 valence electrons. The number of rotatable bonds is 7. The minimum Gasteiger partial charge on any atom is -0.480 e. The summed E-state index contributed by atoms with van der Waals surface area (Å²) >= 11 is 9.43. The maximum Gasteiger partial charge on any atom is 0.317 e. The van der Waals surface area contributed by atoms with Gasteiger partial charge in [-0.1, -0.05) is 27.5 Å². The molecular weight excluding hydrogens is 332 g/mol. The molecule has 0 unspecified atom stereocenters. The zero-order valence-corrected chi connectivity index (χ0v) is 13.4. The molecule has 0 radical (unpaired) electrons. The van der Waals surface area contributed by atoms with E-state index in [0.29, 0.717) is 18.1 Å². The van der Waals surface area contributed by atoms with E-state index in [2.05, 4.69) is 15.9 Å². The Balaban J connectivity index is 2.74.